The second-order valence-electron chi connectivity index (χ2n) is 5.09. The van der Waals surface area contributed by atoms with E-state index in [-0.39, 0.29) is 5.82 Å². The van der Waals surface area contributed by atoms with Crippen molar-refractivity contribution in [2.45, 2.75) is 26.8 Å². The Kier molecular flexibility index (Phi) is 6.53. The SMILES string of the molecule is CN=C(NCCc1nc(C)c(C)s1)NCc1cc(Br)ccc1F. The molecule has 2 aromatic rings. The molecule has 0 fully saturated rings. The Hall–Kier alpha value is -1.47. The summed E-state index contributed by atoms with van der Waals surface area (Å²) in [5.74, 6) is 0.416. The van der Waals surface area contributed by atoms with E-state index >= 15 is 0 Å². The third-order valence-electron chi connectivity index (χ3n) is 3.38. The Morgan fingerprint density at radius 1 is 1.35 bits per heavy atom. The maximum absolute atomic E-state index is 13.7. The van der Waals surface area contributed by atoms with Crippen molar-refractivity contribution in [3.8, 4) is 0 Å². The number of nitrogens with zero attached hydrogens (tertiary/aromatic N) is 2. The number of aromatic nitrogens is 1. The molecule has 7 heteroatoms. The zero-order valence-corrected chi connectivity index (χ0v) is 15.8. The van der Waals surface area contributed by atoms with E-state index in [1.807, 2.05) is 6.92 Å². The highest BCUT2D eigenvalue weighted by molar-refractivity contribution is 9.10. The topological polar surface area (TPSA) is 49.3 Å². The van der Waals surface area contributed by atoms with Gasteiger partial charge in [-0.15, -0.1) is 11.3 Å². The number of benzene rings is 1. The van der Waals surface area contributed by atoms with Gasteiger partial charge in [-0.05, 0) is 32.0 Å². The second-order valence-corrected chi connectivity index (χ2v) is 7.29. The lowest BCUT2D eigenvalue weighted by Crippen LogP contribution is -2.38. The lowest BCUT2D eigenvalue weighted by Gasteiger charge is -2.12. The van der Waals surface area contributed by atoms with Crippen LogP contribution in [0, 0.1) is 19.7 Å². The van der Waals surface area contributed by atoms with Crippen molar-refractivity contribution < 1.29 is 4.39 Å². The molecule has 124 valence electrons. The molecular formula is C16H20BrFN4S. The van der Waals surface area contributed by atoms with E-state index < -0.39 is 0 Å². The predicted octanol–water partition coefficient (Wildman–Crippen LogP) is 3.57. The number of halogens is 2. The normalized spacial score (nSPS) is 11.6. The van der Waals surface area contributed by atoms with Crippen LogP contribution in [-0.4, -0.2) is 24.5 Å². The summed E-state index contributed by atoms with van der Waals surface area (Å²) in [6.07, 6.45) is 0.839. The van der Waals surface area contributed by atoms with E-state index in [2.05, 4.69) is 43.5 Å². The highest BCUT2D eigenvalue weighted by atomic mass is 79.9. The van der Waals surface area contributed by atoms with Crippen molar-refractivity contribution in [3.05, 3.63) is 49.6 Å². The molecule has 0 bridgehead atoms. The Labute approximate surface area is 148 Å². The third-order valence-corrected chi connectivity index (χ3v) is 5.01. The largest absolute Gasteiger partial charge is 0.356 e. The maximum Gasteiger partial charge on any atom is 0.191 e. The number of thiazole rings is 1. The van der Waals surface area contributed by atoms with Crippen molar-refractivity contribution in [1.82, 2.24) is 15.6 Å². The van der Waals surface area contributed by atoms with Crippen LogP contribution >= 0.6 is 27.3 Å². The average Bonchev–Trinajstić information content (AvgIpc) is 2.84. The van der Waals surface area contributed by atoms with Crippen LogP contribution in [0.15, 0.2) is 27.7 Å². The summed E-state index contributed by atoms with van der Waals surface area (Å²) in [6, 6.07) is 4.89. The van der Waals surface area contributed by atoms with Gasteiger partial charge in [0.25, 0.3) is 0 Å². The molecule has 0 atom stereocenters. The first kappa shape index (κ1) is 17.9. The maximum atomic E-state index is 13.7. The van der Waals surface area contributed by atoms with E-state index in [0.29, 0.717) is 18.1 Å². The van der Waals surface area contributed by atoms with Crippen molar-refractivity contribution in [2.75, 3.05) is 13.6 Å². The molecule has 0 amide bonds. The lowest BCUT2D eigenvalue weighted by atomic mass is 10.2. The quantitative estimate of drug-likeness (QED) is 0.597. The Morgan fingerprint density at radius 3 is 2.78 bits per heavy atom. The Bertz CT molecular complexity index is 680. The molecule has 4 nitrogen and oxygen atoms in total. The number of aryl methyl sites for hydroxylation is 2. The summed E-state index contributed by atoms with van der Waals surface area (Å²) in [6.45, 7) is 5.21. The number of guanidine groups is 1. The average molecular weight is 399 g/mol. The molecule has 2 rings (SSSR count). The van der Waals surface area contributed by atoms with Crippen LogP contribution in [-0.2, 0) is 13.0 Å². The number of aliphatic imine (C=N–C) groups is 1. The Balaban J connectivity index is 1.82. The van der Waals surface area contributed by atoms with Gasteiger partial charge >= 0.3 is 0 Å². The number of rotatable bonds is 5. The molecule has 0 spiro atoms. The molecular weight excluding hydrogens is 379 g/mol. The van der Waals surface area contributed by atoms with Crippen LogP contribution in [0.4, 0.5) is 4.39 Å². The fourth-order valence-electron chi connectivity index (χ4n) is 2.01. The molecule has 0 aliphatic rings. The van der Waals surface area contributed by atoms with Crippen molar-refractivity contribution in [3.63, 3.8) is 0 Å². The standard InChI is InChI=1S/C16H20BrFN4S/c1-10-11(2)23-15(22-10)6-7-20-16(19-3)21-9-12-8-13(17)4-5-14(12)18/h4-5,8H,6-7,9H2,1-3H3,(H2,19,20,21). The monoisotopic (exact) mass is 398 g/mol. The van der Waals surface area contributed by atoms with Gasteiger partial charge in [-0.25, -0.2) is 9.37 Å². The van der Waals surface area contributed by atoms with Gasteiger partial charge in [0.2, 0.25) is 0 Å². The zero-order chi connectivity index (χ0) is 16.8. The smallest absolute Gasteiger partial charge is 0.191 e. The summed E-state index contributed by atoms with van der Waals surface area (Å²) in [4.78, 5) is 9.92. The van der Waals surface area contributed by atoms with Crippen LogP contribution < -0.4 is 10.6 Å². The van der Waals surface area contributed by atoms with Crippen LogP contribution in [0.5, 0.6) is 0 Å². The van der Waals surface area contributed by atoms with Crippen LogP contribution in [0.3, 0.4) is 0 Å². The molecule has 0 saturated carbocycles. The molecule has 0 saturated heterocycles. The molecule has 2 N–H and O–H groups in total. The van der Waals surface area contributed by atoms with Crippen molar-refractivity contribution in [2.24, 2.45) is 4.99 Å². The van der Waals surface area contributed by atoms with Gasteiger partial charge in [0.1, 0.15) is 5.82 Å². The first-order chi connectivity index (χ1) is 11.0. The minimum atomic E-state index is -0.232. The molecule has 0 aliphatic heterocycles. The summed E-state index contributed by atoms with van der Waals surface area (Å²) in [5, 5.41) is 7.45. The summed E-state index contributed by atoms with van der Waals surface area (Å²) >= 11 is 5.07. The molecule has 0 radical (unpaired) electrons. The van der Waals surface area contributed by atoms with E-state index in [0.717, 1.165) is 28.1 Å². The summed E-state index contributed by atoms with van der Waals surface area (Å²) in [7, 11) is 1.70. The van der Waals surface area contributed by atoms with Crippen molar-refractivity contribution in [1.29, 1.82) is 0 Å². The fourth-order valence-corrected chi connectivity index (χ4v) is 3.35. The highest BCUT2D eigenvalue weighted by Crippen LogP contribution is 2.16. The summed E-state index contributed by atoms with van der Waals surface area (Å²) in [5.41, 5.74) is 1.69. The van der Waals surface area contributed by atoms with Crippen LogP contribution in [0.25, 0.3) is 0 Å². The zero-order valence-electron chi connectivity index (χ0n) is 13.4. The number of nitrogens with one attached hydrogen (secondary N) is 2. The molecule has 1 aromatic carbocycles. The van der Waals surface area contributed by atoms with Crippen molar-refractivity contribution >= 4 is 33.2 Å². The van der Waals surface area contributed by atoms with Gasteiger partial charge in [-0.1, -0.05) is 15.9 Å². The van der Waals surface area contributed by atoms with E-state index in [9.17, 15) is 4.39 Å². The summed E-state index contributed by atoms with van der Waals surface area (Å²) < 4.78 is 14.6. The van der Waals surface area contributed by atoms with Gasteiger partial charge in [-0.2, -0.15) is 0 Å². The van der Waals surface area contributed by atoms with E-state index in [4.69, 9.17) is 0 Å². The molecule has 1 heterocycles. The van der Waals surface area contributed by atoms with E-state index in [1.54, 1.807) is 30.5 Å². The van der Waals surface area contributed by atoms with E-state index in [1.165, 1.54) is 10.9 Å². The fraction of sp³-hybridized carbons (Fsp3) is 0.375. The first-order valence-corrected chi connectivity index (χ1v) is 8.92. The predicted molar refractivity (Wildman–Crippen MR) is 97.6 cm³/mol. The Morgan fingerprint density at radius 2 is 2.13 bits per heavy atom. The number of hydrogen-bond acceptors (Lipinski definition) is 3. The van der Waals surface area contributed by atoms with Gasteiger partial charge in [-0.3, -0.25) is 4.99 Å². The molecule has 1 aromatic heterocycles. The first-order valence-electron chi connectivity index (χ1n) is 7.31. The van der Waals surface area contributed by atoms with Gasteiger partial charge in [0, 0.05) is 41.5 Å². The second kappa shape index (κ2) is 8.40. The van der Waals surface area contributed by atoms with Crippen LogP contribution in [0.1, 0.15) is 21.1 Å². The highest BCUT2D eigenvalue weighted by Gasteiger charge is 2.06. The lowest BCUT2D eigenvalue weighted by molar-refractivity contribution is 0.604. The van der Waals surface area contributed by atoms with Crippen LogP contribution in [0.2, 0.25) is 0 Å². The minimum absolute atomic E-state index is 0.232. The number of hydrogen-bond donors (Lipinski definition) is 2. The third kappa shape index (κ3) is 5.28. The molecule has 0 aliphatic carbocycles. The minimum Gasteiger partial charge on any atom is -0.356 e. The molecule has 0 unspecified atom stereocenters. The van der Waals surface area contributed by atoms with Gasteiger partial charge < -0.3 is 10.6 Å². The molecule has 23 heavy (non-hydrogen) atoms. The van der Waals surface area contributed by atoms with Gasteiger partial charge in [0.15, 0.2) is 5.96 Å². The van der Waals surface area contributed by atoms with Gasteiger partial charge in [0.05, 0.1) is 10.7 Å².